The zero-order chi connectivity index (χ0) is 35.8. The number of fused-ring (bicyclic) bond motifs is 2. The first kappa shape index (κ1) is 34.2. The van der Waals surface area contributed by atoms with E-state index in [0.717, 1.165) is 48.6 Å². The highest BCUT2D eigenvalue weighted by Crippen LogP contribution is 2.40. The van der Waals surface area contributed by atoms with Crippen molar-refractivity contribution in [1.82, 2.24) is 34.8 Å². The molecule has 3 aliphatic heterocycles. The average Bonchev–Trinajstić information content (AvgIpc) is 3.84. The number of aliphatic carboxylic acids is 1. The van der Waals surface area contributed by atoms with Crippen LogP contribution in [-0.2, 0) is 32.3 Å². The number of carboxylic acid groups (broad SMARTS) is 1. The number of β-lactam (4-membered cyclic amide) rings is 1. The summed E-state index contributed by atoms with van der Waals surface area (Å²) in [7, 11) is 1.26. The van der Waals surface area contributed by atoms with Gasteiger partial charge in [0.1, 0.15) is 42.8 Å². The van der Waals surface area contributed by atoms with Crippen LogP contribution in [0.5, 0.6) is 0 Å². The highest BCUT2D eigenvalue weighted by molar-refractivity contribution is 8.00. The van der Waals surface area contributed by atoms with Gasteiger partial charge in [-0.15, -0.1) is 27.6 Å². The Hall–Kier alpha value is -5.27. The molecule has 0 bridgehead atoms. The fourth-order valence-electron chi connectivity index (χ4n) is 6.41. The molecule has 16 nitrogen and oxygen atoms in total. The van der Waals surface area contributed by atoms with Crippen LogP contribution < -0.4 is 26.1 Å². The molecule has 266 valence electrons. The second-order valence-electron chi connectivity index (χ2n) is 12.1. The molecule has 4 N–H and O–H groups in total. The lowest BCUT2D eigenvalue weighted by atomic mass is 10.0. The highest BCUT2D eigenvalue weighted by atomic mass is 32.2. The number of hydrazine groups is 1. The van der Waals surface area contributed by atoms with Gasteiger partial charge in [-0.1, -0.05) is 17.6 Å². The smallest absolute Gasteiger partial charge is 0.307 e. The van der Waals surface area contributed by atoms with Crippen LogP contribution in [0, 0.1) is 5.82 Å². The number of benzene rings is 1. The number of hydrogen-bond acceptors (Lipinski definition) is 12. The summed E-state index contributed by atoms with van der Waals surface area (Å²) < 4.78 is 20.6. The van der Waals surface area contributed by atoms with Crippen LogP contribution in [0.3, 0.4) is 0 Å². The van der Waals surface area contributed by atoms with E-state index < -0.39 is 35.0 Å². The predicted molar refractivity (Wildman–Crippen MR) is 181 cm³/mol. The first-order valence-electron chi connectivity index (χ1n) is 16.0. The fourth-order valence-corrected chi connectivity index (χ4v) is 8.29. The maximum atomic E-state index is 15.2. The molecule has 0 aliphatic carbocycles. The van der Waals surface area contributed by atoms with Crippen molar-refractivity contribution in [1.29, 1.82) is 0 Å². The molecule has 0 radical (unpaired) electrons. The minimum atomic E-state index is -1.51. The first-order valence-corrected chi connectivity index (χ1v) is 18.0. The largest absolute Gasteiger partial charge is 0.543 e. The van der Waals surface area contributed by atoms with E-state index in [2.05, 4.69) is 20.9 Å². The van der Waals surface area contributed by atoms with Crippen molar-refractivity contribution in [2.24, 2.45) is 5.16 Å². The number of nitrogen functional groups attached to an aromatic ring is 1. The number of carbonyl (C=O) groups is 4. The van der Waals surface area contributed by atoms with E-state index in [0.29, 0.717) is 16.8 Å². The lowest BCUT2D eigenvalue weighted by molar-refractivity contribution is -0.662. The summed E-state index contributed by atoms with van der Waals surface area (Å²) in [6.45, 7) is 1.85. The quantitative estimate of drug-likeness (QED) is 0.0806. The number of oxime groups is 1. The predicted octanol–water partition coefficient (Wildman–Crippen LogP) is -0.160. The van der Waals surface area contributed by atoms with E-state index in [1.54, 1.807) is 39.9 Å². The Labute approximate surface area is 298 Å². The topological polar surface area (TPSA) is 196 Å². The molecule has 0 spiro atoms. The van der Waals surface area contributed by atoms with Crippen LogP contribution in [0.4, 0.5) is 9.52 Å². The van der Waals surface area contributed by atoms with Gasteiger partial charge in [0.25, 0.3) is 17.7 Å². The maximum absolute atomic E-state index is 15.2. The standard InChI is InChI=1S/C32H33FN10O6S2/c1-49-38-24(22-17-51-32(34)35-22)28(45)36-25-29(46)43-26(31(47)48)20(16-50-30(25)43)15-41-10-7-23-39(11-12-42(23)41)14-19-6-5-18(13-21(19)33)27(44)37-40-8-3-2-4-9-40/h5-7,10-13,17,25,30H,2-4,8-9,14-16H2,1H3,(H4-,34,35,36,37,44,45,47,48)/b38-24-/t25-,30-/m1/s1. The third-order valence-electron chi connectivity index (χ3n) is 8.90. The van der Waals surface area contributed by atoms with Crippen molar-refractivity contribution in [3.63, 3.8) is 0 Å². The summed E-state index contributed by atoms with van der Waals surface area (Å²) in [6, 6.07) is 5.24. The van der Waals surface area contributed by atoms with Crippen molar-refractivity contribution in [3.8, 4) is 0 Å². The summed E-state index contributed by atoms with van der Waals surface area (Å²) in [4.78, 5) is 61.4. The normalized spacial score (nSPS) is 19.5. The molecule has 19 heteroatoms. The van der Waals surface area contributed by atoms with Gasteiger partial charge in [0.15, 0.2) is 17.0 Å². The van der Waals surface area contributed by atoms with Crippen LogP contribution >= 0.6 is 23.1 Å². The van der Waals surface area contributed by atoms with Gasteiger partial charge < -0.3 is 25.8 Å². The van der Waals surface area contributed by atoms with Crippen molar-refractivity contribution in [2.45, 2.75) is 43.8 Å². The van der Waals surface area contributed by atoms with Gasteiger partial charge in [-0.05, 0) is 30.5 Å². The number of thioether (sulfide) groups is 1. The molecule has 2 saturated heterocycles. The third kappa shape index (κ3) is 6.66. The van der Waals surface area contributed by atoms with Crippen LogP contribution in [-0.4, -0.2) is 90.9 Å². The maximum Gasteiger partial charge on any atom is 0.307 e. The summed E-state index contributed by atoms with van der Waals surface area (Å²) >= 11 is 2.41. The third-order valence-corrected chi connectivity index (χ3v) is 10.9. The number of anilines is 1. The molecule has 2 atom stereocenters. The number of halogens is 1. The Balaban J connectivity index is 1.04. The minimum absolute atomic E-state index is 0.118. The summed E-state index contributed by atoms with van der Waals surface area (Å²) in [6.07, 6.45) is 8.44. The number of carbonyl (C=O) groups excluding carboxylic acids is 4. The average molecular weight is 737 g/mol. The molecule has 6 heterocycles. The van der Waals surface area contributed by atoms with Crippen molar-refractivity contribution in [3.05, 3.63) is 82.1 Å². The minimum Gasteiger partial charge on any atom is -0.543 e. The lowest BCUT2D eigenvalue weighted by Gasteiger charge is -2.50. The summed E-state index contributed by atoms with van der Waals surface area (Å²) in [5.41, 5.74) is 10.1. The van der Waals surface area contributed by atoms with Gasteiger partial charge in [-0.2, -0.15) is 0 Å². The molecule has 4 aromatic rings. The monoisotopic (exact) mass is 736 g/mol. The van der Waals surface area contributed by atoms with E-state index in [9.17, 15) is 24.3 Å². The molecule has 3 aliphatic rings. The number of piperidine rings is 1. The molecular formula is C32H33FN10O6S2. The van der Waals surface area contributed by atoms with Crippen LogP contribution in [0.2, 0.25) is 0 Å². The van der Waals surface area contributed by atoms with Gasteiger partial charge in [-0.25, -0.2) is 23.6 Å². The molecule has 3 aromatic heterocycles. The Bertz CT molecular complexity index is 2100. The zero-order valence-corrected chi connectivity index (χ0v) is 28.9. The van der Waals surface area contributed by atoms with Crippen LogP contribution in [0.15, 0.2) is 64.7 Å². The number of thiazole rings is 1. The number of amides is 3. The summed E-state index contributed by atoms with van der Waals surface area (Å²) in [5, 5.41) is 21.7. The van der Waals surface area contributed by atoms with Gasteiger partial charge in [0, 0.05) is 35.3 Å². The van der Waals surface area contributed by atoms with E-state index in [-0.39, 0.29) is 52.5 Å². The molecule has 2 fully saturated rings. The molecule has 0 unspecified atom stereocenters. The fraction of sp³-hybridized carbons (Fsp3) is 0.344. The number of rotatable bonds is 11. The van der Waals surface area contributed by atoms with Gasteiger partial charge >= 0.3 is 5.65 Å². The second-order valence-corrected chi connectivity index (χ2v) is 14.1. The molecule has 1 aromatic carbocycles. The molecule has 0 saturated carbocycles. The number of carboxylic acids is 1. The van der Waals surface area contributed by atoms with E-state index in [1.807, 2.05) is 15.6 Å². The number of aromatic nitrogens is 4. The van der Waals surface area contributed by atoms with E-state index in [1.165, 1.54) is 30.3 Å². The van der Waals surface area contributed by atoms with E-state index in [4.69, 9.17) is 10.6 Å². The van der Waals surface area contributed by atoms with Crippen molar-refractivity contribution >= 4 is 63.3 Å². The molecular weight excluding hydrogens is 704 g/mol. The lowest BCUT2D eigenvalue weighted by Crippen LogP contribution is -2.71. The SMILES string of the molecule is CO/N=C(\C(=O)N[C@@H]1C(=O)N2C(C(=O)[O-])=C(Cn3ccc4n3cc[n+]4Cc3ccc(C(=O)NN4CCCCC4)cc3F)CS[C@H]12)c1csc(N)n1. The number of imidazole rings is 1. The van der Waals surface area contributed by atoms with Gasteiger partial charge in [-0.3, -0.25) is 24.7 Å². The Kier molecular flexibility index (Phi) is 9.49. The first-order chi connectivity index (χ1) is 24.6. The summed E-state index contributed by atoms with van der Waals surface area (Å²) in [5.74, 6) is -3.46. The Morgan fingerprint density at radius 2 is 2.00 bits per heavy atom. The van der Waals surface area contributed by atoms with E-state index >= 15 is 4.39 Å². The molecule has 51 heavy (non-hydrogen) atoms. The van der Waals surface area contributed by atoms with Crippen LogP contribution in [0.25, 0.3) is 5.65 Å². The van der Waals surface area contributed by atoms with Crippen LogP contribution in [0.1, 0.15) is 40.9 Å². The molecule has 3 amide bonds. The highest BCUT2D eigenvalue weighted by Gasteiger charge is 2.53. The number of hydrogen-bond donors (Lipinski definition) is 3. The van der Waals surface area contributed by atoms with Crippen molar-refractivity contribution < 1.29 is 38.1 Å². The van der Waals surface area contributed by atoms with Gasteiger partial charge in [0.05, 0.1) is 30.5 Å². The number of nitrogens with zero attached hydrogens (tertiary/aromatic N) is 7. The Morgan fingerprint density at radius 1 is 1.20 bits per heavy atom. The molecule has 7 rings (SSSR count). The van der Waals surface area contributed by atoms with Gasteiger partial charge in [0.2, 0.25) is 0 Å². The zero-order valence-electron chi connectivity index (χ0n) is 27.3. The number of nitrogens with two attached hydrogens (primary N) is 1. The Morgan fingerprint density at radius 3 is 2.71 bits per heavy atom. The number of nitrogens with one attached hydrogen (secondary N) is 2. The van der Waals surface area contributed by atoms with Crippen molar-refractivity contribution in [2.75, 3.05) is 31.7 Å². The second kappa shape index (κ2) is 14.2.